The predicted octanol–water partition coefficient (Wildman–Crippen LogP) is 0.781. The van der Waals surface area contributed by atoms with Crippen molar-refractivity contribution < 1.29 is 14.3 Å². The van der Waals surface area contributed by atoms with Gasteiger partial charge in [0.2, 0.25) is 0 Å². The lowest BCUT2D eigenvalue weighted by Crippen LogP contribution is -2.43. The van der Waals surface area contributed by atoms with Crippen LogP contribution in [0.1, 0.15) is 11.5 Å². The summed E-state index contributed by atoms with van der Waals surface area (Å²) in [7, 11) is 0. The van der Waals surface area contributed by atoms with E-state index in [0.29, 0.717) is 6.61 Å². The van der Waals surface area contributed by atoms with Crippen LogP contribution in [0, 0.1) is 6.92 Å². The van der Waals surface area contributed by atoms with Crippen molar-refractivity contribution >= 4 is 0 Å². The molecule has 1 aliphatic heterocycles. The second kappa shape index (κ2) is 4.79. The van der Waals surface area contributed by atoms with Gasteiger partial charge in [0.15, 0.2) is 0 Å². The maximum atomic E-state index is 9.00. The van der Waals surface area contributed by atoms with Gasteiger partial charge in [-0.3, -0.25) is 4.90 Å². The number of hydrogen-bond acceptors (Lipinski definition) is 4. The van der Waals surface area contributed by atoms with Crippen molar-refractivity contribution in [3.63, 3.8) is 0 Å². The molecule has 2 rings (SSSR count). The molecule has 4 heteroatoms. The van der Waals surface area contributed by atoms with E-state index in [4.69, 9.17) is 14.3 Å². The number of morpholine rings is 1. The first-order chi connectivity index (χ1) is 7.28. The van der Waals surface area contributed by atoms with Gasteiger partial charge in [0.05, 0.1) is 25.9 Å². The second-order valence-electron chi connectivity index (χ2n) is 3.92. The molecule has 1 fully saturated rings. The third kappa shape index (κ3) is 2.81. The minimum atomic E-state index is -0.0465. The van der Waals surface area contributed by atoms with E-state index in [1.165, 1.54) is 0 Å². The highest BCUT2D eigenvalue weighted by Gasteiger charge is 2.20. The van der Waals surface area contributed by atoms with Crippen LogP contribution in [0.15, 0.2) is 16.5 Å². The van der Waals surface area contributed by atoms with Gasteiger partial charge < -0.3 is 14.3 Å². The molecular formula is C11H17NO3. The van der Waals surface area contributed by atoms with Gasteiger partial charge in [0.1, 0.15) is 11.5 Å². The first kappa shape index (κ1) is 10.7. The summed E-state index contributed by atoms with van der Waals surface area (Å²) in [5.74, 6) is 1.92. The summed E-state index contributed by atoms with van der Waals surface area (Å²) in [5.41, 5.74) is 0. The Morgan fingerprint density at radius 3 is 3.07 bits per heavy atom. The summed E-state index contributed by atoms with van der Waals surface area (Å²) in [6, 6.07) is 3.97. The van der Waals surface area contributed by atoms with Crippen LogP contribution in [-0.4, -0.2) is 42.4 Å². The van der Waals surface area contributed by atoms with Gasteiger partial charge >= 0.3 is 0 Å². The topological polar surface area (TPSA) is 45.8 Å². The Hall–Kier alpha value is -0.840. The number of aliphatic hydroxyl groups excluding tert-OH is 1. The monoisotopic (exact) mass is 211 g/mol. The highest BCUT2D eigenvalue weighted by Crippen LogP contribution is 2.12. The van der Waals surface area contributed by atoms with E-state index in [2.05, 4.69) is 4.90 Å². The number of aryl methyl sites for hydroxylation is 1. The number of hydrogen-bond donors (Lipinski definition) is 1. The third-order valence-corrected chi connectivity index (χ3v) is 2.60. The van der Waals surface area contributed by atoms with Gasteiger partial charge in [0.25, 0.3) is 0 Å². The molecule has 84 valence electrons. The first-order valence-electron chi connectivity index (χ1n) is 5.28. The molecule has 1 aliphatic rings. The van der Waals surface area contributed by atoms with Crippen LogP contribution in [-0.2, 0) is 11.3 Å². The first-order valence-corrected chi connectivity index (χ1v) is 5.28. The fourth-order valence-electron chi connectivity index (χ4n) is 1.82. The van der Waals surface area contributed by atoms with Crippen LogP contribution < -0.4 is 0 Å². The van der Waals surface area contributed by atoms with E-state index >= 15 is 0 Å². The minimum Gasteiger partial charge on any atom is -0.465 e. The predicted molar refractivity (Wildman–Crippen MR) is 55.5 cm³/mol. The number of rotatable bonds is 3. The zero-order valence-electron chi connectivity index (χ0n) is 8.98. The molecule has 0 aromatic carbocycles. The van der Waals surface area contributed by atoms with Crippen LogP contribution in [0.2, 0.25) is 0 Å². The lowest BCUT2D eigenvalue weighted by molar-refractivity contribution is -0.0564. The number of furan rings is 1. The molecule has 1 aromatic rings. The zero-order chi connectivity index (χ0) is 10.7. The Kier molecular flexibility index (Phi) is 3.41. The lowest BCUT2D eigenvalue weighted by atomic mass is 10.2. The van der Waals surface area contributed by atoms with Gasteiger partial charge in [0, 0.05) is 13.1 Å². The van der Waals surface area contributed by atoms with E-state index in [-0.39, 0.29) is 12.7 Å². The van der Waals surface area contributed by atoms with Crippen molar-refractivity contribution in [2.45, 2.75) is 19.6 Å². The van der Waals surface area contributed by atoms with Gasteiger partial charge in [-0.25, -0.2) is 0 Å². The third-order valence-electron chi connectivity index (χ3n) is 2.60. The van der Waals surface area contributed by atoms with E-state index in [0.717, 1.165) is 31.2 Å². The lowest BCUT2D eigenvalue weighted by Gasteiger charge is -2.31. The molecular weight excluding hydrogens is 194 g/mol. The summed E-state index contributed by atoms with van der Waals surface area (Å²) in [6.07, 6.45) is -0.0465. The Balaban J connectivity index is 1.88. The van der Waals surface area contributed by atoms with Gasteiger partial charge in [-0.15, -0.1) is 0 Å². The molecule has 0 saturated carbocycles. The summed E-state index contributed by atoms with van der Waals surface area (Å²) in [5, 5.41) is 9.00. The molecule has 0 spiro atoms. The molecule has 0 amide bonds. The number of nitrogens with zero attached hydrogens (tertiary/aromatic N) is 1. The van der Waals surface area contributed by atoms with E-state index in [1.807, 2.05) is 19.1 Å². The average Bonchev–Trinajstić information content (AvgIpc) is 2.64. The van der Waals surface area contributed by atoms with Gasteiger partial charge in [-0.2, -0.15) is 0 Å². The van der Waals surface area contributed by atoms with Crippen molar-refractivity contribution in [3.05, 3.63) is 23.7 Å². The quantitative estimate of drug-likeness (QED) is 0.802. The van der Waals surface area contributed by atoms with Crippen molar-refractivity contribution in [1.82, 2.24) is 4.90 Å². The maximum absolute atomic E-state index is 9.00. The molecule has 0 bridgehead atoms. The molecule has 0 radical (unpaired) electrons. The van der Waals surface area contributed by atoms with Crippen LogP contribution in [0.4, 0.5) is 0 Å². The fourth-order valence-corrected chi connectivity index (χ4v) is 1.82. The normalized spacial score (nSPS) is 23.2. The van der Waals surface area contributed by atoms with Crippen molar-refractivity contribution in [1.29, 1.82) is 0 Å². The zero-order valence-corrected chi connectivity index (χ0v) is 8.98. The molecule has 4 nitrogen and oxygen atoms in total. The van der Waals surface area contributed by atoms with E-state index in [9.17, 15) is 0 Å². The Bertz CT molecular complexity index is 311. The summed E-state index contributed by atoms with van der Waals surface area (Å²) < 4.78 is 10.9. The largest absolute Gasteiger partial charge is 0.465 e. The molecule has 1 N–H and O–H groups in total. The summed E-state index contributed by atoms with van der Waals surface area (Å²) >= 11 is 0. The smallest absolute Gasteiger partial charge is 0.118 e. The molecule has 1 aromatic heterocycles. The Labute approximate surface area is 89.4 Å². The summed E-state index contributed by atoms with van der Waals surface area (Å²) in [4.78, 5) is 2.24. The van der Waals surface area contributed by atoms with Gasteiger partial charge in [-0.05, 0) is 19.1 Å². The molecule has 1 atom stereocenters. The summed E-state index contributed by atoms with van der Waals surface area (Å²) in [6.45, 7) is 5.19. The maximum Gasteiger partial charge on any atom is 0.118 e. The Morgan fingerprint density at radius 1 is 1.53 bits per heavy atom. The van der Waals surface area contributed by atoms with Crippen molar-refractivity contribution in [2.24, 2.45) is 0 Å². The number of aliphatic hydroxyl groups is 1. The van der Waals surface area contributed by atoms with E-state index < -0.39 is 0 Å². The second-order valence-corrected chi connectivity index (χ2v) is 3.92. The van der Waals surface area contributed by atoms with E-state index in [1.54, 1.807) is 0 Å². The highest BCUT2D eigenvalue weighted by atomic mass is 16.5. The molecule has 15 heavy (non-hydrogen) atoms. The highest BCUT2D eigenvalue weighted by molar-refractivity contribution is 5.05. The molecule has 0 aliphatic carbocycles. The molecule has 2 heterocycles. The Morgan fingerprint density at radius 2 is 2.40 bits per heavy atom. The van der Waals surface area contributed by atoms with Crippen LogP contribution in [0.25, 0.3) is 0 Å². The van der Waals surface area contributed by atoms with Crippen molar-refractivity contribution in [3.8, 4) is 0 Å². The SMILES string of the molecule is Cc1ccc(CN2CCOC(CO)C2)o1. The van der Waals surface area contributed by atoms with Gasteiger partial charge in [-0.1, -0.05) is 0 Å². The minimum absolute atomic E-state index is 0.0465. The number of ether oxygens (including phenoxy) is 1. The van der Waals surface area contributed by atoms with Crippen molar-refractivity contribution in [2.75, 3.05) is 26.3 Å². The fraction of sp³-hybridized carbons (Fsp3) is 0.636. The van der Waals surface area contributed by atoms with Crippen LogP contribution in [0.3, 0.4) is 0 Å². The van der Waals surface area contributed by atoms with Crippen LogP contribution >= 0.6 is 0 Å². The average molecular weight is 211 g/mol. The van der Waals surface area contributed by atoms with Crippen LogP contribution in [0.5, 0.6) is 0 Å². The molecule has 1 unspecified atom stereocenters. The molecule has 1 saturated heterocycles. The standard InChI is InChI=1S/C11H17NO3/c1-9-2-3-10(15-9)6-12-4-5-14-11(7-12)8-13/h2-3,11,13H,4-8H2,1H3.